The first kappa shape index (κ1) is 10.9. The Morgan fingerprint density at radius 1 is 1.43 bits per heavy atom. The van der Waals surface area contributed by atoms with E-state index in [2.05, 4.69) is 15.3 Å². The first-order valence-corrected chi connectivity index (χ1v) is 5.89. The second kappa shape index (κ2) is 4.34. The SMILES string of the molecule is CS(=O)(=O)c1cnc(NCCN)nc1. The van der Waals surface area contributed by atoms with E-state index in [9.17, 15) is 8.42 Å². The largest absolute Gasteiger partial charge is 0.353 e. The van der Waals surface area contributed by atoms with Crippen molar-refractivity contribution in [3.05, 3.63) is 12.4 Å². The molecule has 0 aliphatic heterocycles. The molecule has 78 valence electrons. The number of nitrogens with one attached hydrogen (secondary N) is 1. The van der Waals surface area contributed by atoms with Crippen molar-refractivity contribution in [3.8, 4) is 0 Å². The summed E-state index contributed by atoms with van der Waals surface area (Å²) in [5.41, 5.74) is 5.26. The molecule has 0 atom stereocenters. The third-order valence-electron chi connectivity index (χ3n) is 1.48. The summed E-state index contributed by atoms with van der Waals surface area (Å²) < 4.78 is 22.1. The molecule has 0 saturated heterocycles. The molecular formula is C7H12N4O2S. The van der Waals surface area contributed by atoms with Crippen molar-refractivity contribution in [2.45, 2.75) is 4.90 Å². The van der Waals surface area contributed by atoms with Gasteiger partial charge in [0.2, 0.25) is 5.95 Å². The quantitative estimate of drug-likeness (QED) is 0.687. The molecule has 0 saturated carbocycles. The van der Waals surface area contributed by atoms with E-state index in [0.29, 0.717) is 19.0 Å². The number of hydrogen-bond donors (Lipinski definition) is 2. The molecule has 0 aliphatic rings. The number of nitrogens with zero attached hydrogens (tertiary/aromatic N) is 2. The van der Waals surface area contributed by atoms with Gasteiger partial charge in [0.1, 0.15) is 4.90 Å². The fourth-order valence-corrected chi connectivity index (χ4v) is 1.27. The van der Waals surface area contributed by atoms with Gasteiger partial charge in [-0.25, -0.2) is 18.4 Å². The third kappa shape index (κ3) is 2.93. The Bertz CT molecular complexity index is 387. The van der Waals surface area contributed by atoms with E-state index in [1.165, 1.54) is 12.4 Å². The minimum absolute atomic E-state index is 0.107. The van der Waals surface area contributed by atoms with Crippen LogP contribution in [0.15, 0.2) is 17.3 Å². The molecule has 0 bridgehead atoms. The molecule has 0 unspecified atom stereocenters. The van der Waals surface area contributed by atoms with Gasteiger partial charge in [-0.3, -0.25) is 0 Å². The van der Waals surface area contributed by atoms with Crippen molar-refractivity contribution in [1.29, 1.82) is 0 Å². The first-order chi connectivity index (χ1) is 6.54. The van der Waals surface area contributed by atoms with Crippen LogP contribution in [0, 0.1) is 0 Å². The van der Waals surface area contributed by atoms with Gasteiger partial charge in [0.05, 0.1) is 12.4 Å². The normalized spacial score (nSPS) is 11.3. The molecule has 1 heterocycles. The number of rotatable bonds is 4. The lowest BCUT2D eigenvalue weighted by Gasteiger charge is -2.02. The topological polar surface area (TPSA) is 98.0 Å². The molecule has 6 nitrogen and oxygen atoms in total. The highest BCUT2D eigenvalue weighted by Gasteiger charge is 2.07. The van der Waals surface area contributed by atoms with Crippen LogP contribution in [0.3, 0.4) is 0 Å². The molecule has 3 N–H and O–H groups in total. The number of nitrogens with two attached hydrogens (primary N) is 1. The summed E-state index contributed by atoms with van der Waals surface area (Å²) in [6, 6.07) is 0. The van der Waals surface area contributed by atoms with Gasteiger partial charge >= 0.3 is 0 Å². The molecular weight excluding hydrogens is 204 g/mol. The molecule has 0 spiro atoms. The standard InChI is InChI=1S/C7H12N4O2S/c1-14(12,13)6-4-10-7(11-5-6)9-3-2-8/h4-5H,2-3,8H2,1H3,(H,9,10,11). The molecule has 0 aromatic carbocycles. The average molecular weight is 216 g/mol. The van der Waals surface area contributed by atoms with Gasteiger partial charge in [0.15, 0.2) is 9.84 Å². The lowest BCUT2D eigenvalue weighted by atomic mass is 10.6. The van der Waals surface area contributed by atoms with E-state index in [-0.39, 0.29) is 4.90 Å². The fourth-order valence-electron chi connectivity index (χ4n) is 0.783. The zero-order valence-corrected chi connectivity index (χ0v) is 8.58. The van der Waals surface area contributed by atoms with Crippen LogP contribution in [-0.4, -0.2) is 37.7 Å². The van der Waals surface area contributed by atoms with E-state index in [1.54, 1.807) is 0 Å². The predicted molar refractivity (Wildman–Crippen MR) is 52.7 cm³/mol. The Balaban J connectivity index is 2.79. The summed E-state index contributed by atoms with van der Waals surface area (Å²) in [6.07, 6.45) is 3.64. The third-order valence-corrected chi connectivity index (χ3v) is 2.55. The van der Waals surface area contributed by atoms with Crippen LogP contribution in [0.1, 0.15) is 0 Å². The molecule has 14 heavy (non-hydrogen) atoms. The van der Waals surface area contributed by atoms with Crippen LogP contribution in [0.4, 0.5) is 5.95 Å². The van der Waals surface area contributed by atoms with Crippen molar-refractivity contribution >= 4 is 15.8 Å². The van der Waals surface area contributed by atoms with E-state index in [1.807, 2.05) is 0 Å². The lowest BCUT2D eigenvalue weighted by Crippen LogP contribution is -2.15. The van der Waals surface area contributed by atoms with Gasteiger partial charge in [0, 0.05) is 19.3 Å². The maximum absolute atomic E-state index is 11.0. The van der Waals surface area contributed by atoms with Crippen LogP contribution in [0.5, 0.6) is 0 Å². The van der Waals surface area contributed by atoms with E-state index in [4.69, 9.17) is 5.73 Å². The zero-order valence-electron chi connectivity index (χ0n) is 7.77. The number of anilines is 1. The molecule has 7 heteroatoms. The molecule has 1 rings (SSSR count). The minimum atomic E-state index is -3.22. The van der Waals surface area contributed by atoms with Crippen molar-refractivity contribution in [1.82, 2.24) is 9.97 Å². The van der Waals surface area contributed by atoms with Crippen LogP contribution < -0.4 is 11.1 Å². The van der Waals surface area contributed by atoms with Crippen LogP contribution in [0.25, 0.3) is 0 Å². The maximum Gasteiger partial charge on any atom is 0.222 e. The Kier molecular flexibility index (Phi) is 3.37. The van der Waals surface area contributed by atoms with Crippen molar-refractivity contribution in [2.24, 2.45) is 5.73 Å². The Hall–Kier alpha value is -1.21. The smallest absolute Gasteiger partial charge is 0.222 e. The Morgan fingerprint density at radius 2 is 2.00 bits per heavy atom. The summed E-state index contributed by atoms with van der Waals surface area (Å²) in [4.78, 5) is 7.76. The van der Waals surface area contributed by atoms with Gasteiger partial charge in [0.25, 0.3) is 0 Å². The zero-order chi connectivity index (χ0) is 10.6. The van der Waals surface area contributed by atoms with Gasteiger partial charge in [-0.05, 0) is 0 Å². The predicted octanol–water partition coefficient (Wildman–Crippen LogP) is -0.749. The molecule has 0 radical (unpaired) electrons. The van der Waals surface area contributed by atoms with Crippen LogP contribution in [-0.2, 0) is 9.84 Å². The number of hydrogen-bond acceptors (Lipinski definition) is 6. The van der Waals surface area contributed by atoms with Gasteiger partial charge < -0.3 is 11.1 Å². The maximum atomic E-state index is 11.0. The highest BCUT2D eigenvalue weighted by Crippen LogP contribution is 2.06. The van der Waals surface area contributed by atoms with Crippen molar-refractivity contribution in [3.63, 3.8) is 0 Å². The number of aromatic nitrogens is 2. The molecule has 0 fully saturated rings. The van der Waals surface area contributed by atoms with Crippen LogP contribution >= 0.6 is 0 Å². The highest BCUT2D eigenvalue weighted by molar-refractivity contribution is 7.90. The Labute approximate surface area is 82.5 Å². The average Bonchev–Trinajstić information content (AvgIpc) is 2.14. The highest BCUT2D eigenvalue weighted by atomic mass is 32.2. The molecule has 0 amide bonds. The van der Waals surface area contributed by atoms with E-state index in [0.717, 1.165) is 6.26 Å². The van der Waals surface area contributed by atoms with Gasteiger partial charge in [-0.2, -0.15) is 0 Å². The van der Waals surface area contributed by atoms with E-state index >= 15 is 0 Å². The monoisotopic (exact) mass is 216 g/mol. The summed E-state index contributed by atoms with van der Waals surface area (Å²) in [6.45, 7) is 1.02. The number of sulfone groups is 1. The second-order valence-corrected chi connectivity index (χ2v) is 4.75. The Morgan fingerprint density at radius 3 is 2.43 bits per heavy atom. The molecule has 1 aromatic rings. The first-order valence-electron chi connectivity index (χ1n) is 4.00. The lowest BCUT2D eigenvalue weighted by molar-refractivity contribution is 0.601. The van der Waals surface area contributed by atoms with Crippen molar-refractivity contribution < 1.29 is 8.42 Å². The summed E-state index contributed by atoms with van der Waals surface area (Å²) in [7, 11) is -3.22. The second-order valence-electron chi connectivity index (χ2n) is 2.73. The summed E-state index contributed by atoms with van der Waals surface area (Å²) in [5, 5.41) is 2.83. The van der Waals surface area contributed by atoms with Crippen LogP contribution in [0.2, 0.25) is 0 Å². The van der Waals surface area contributed by atoms with Gasteiger partial charge in [-0.15, -0.1) is 0 Å². The molecule has 0 aliphatic carbocycles. The summed E-state index contributed by atoms with van der Waals surface area (Å²) >= 11 is 0. The fraction of sp³-hybridized carbons (Fsp3) is 0.429. The van der Waals surface area contributed by atoms with E-state index < -0.39 is 9.84 Å². The summed E-state index contributed by atoms with van der Waals surface area (Å²) in [5.74, 6) is 0.378. The molecule has 1 aromatic heterocycles. The van der Waals surface area contributed by atoms with Crippen molar-refractivity contribution in [2.75, 3.05) is 24.7 Å². The minimum Gasteiger partial charge on any atom is -0.353 e. The van der Waals surface area contributed by atoms with Gasteiger partial charge in [-0.1, -0.05) is 0 Å².